The summed E-state index contributed by atoms with van der Waals surface area (Å²) in [6.07, 6.45) is 1.91. The lowest BCUT2D eigenvalue weighted by atomic mass is 10.2. The second kappa shape index (κ2) is 5.33. The number of amides is 1. The van der Waals surface area contributed by atoms with Crippen LogP contribution >= 0.6 is 11.6 Å². The van der Waals surface area contributed by atoms with Crippen LogP contribution in [0.5, 0.6) is 0 Å². The highest BCUT2D eigenvalue weighted by Gasteiger charge is 2.26. The minimum Gasteiger partial charge on any atom is -0.348 e. The van der Waals surface area contributed by atoms with Crippen LogP contribution in [0.15, 0.2) is 35.1 Å². The van der Waals surface area contributed by atoms with Gasteiger partial charge < -0.3 is 5.32 Å². The van der Waals surface area contributed by atoms with Crippen LogP contribution in [-0.4, -0.2) is 21.7 Å². The predicted molar refractivity (Wildman–Crippen MR) is 80.1 cm³/mol. The average Bonchev–Trinajstić information content (AvgIpc) is 3.24. The smallest absolute Gasteiger partial charge is 0.276 e. The lowest BCUT2D eigenvalue weighted by molar-refractivity contribution is 0.0943. The number of hydrogen-bond donors (Lipinski definition) is 1. The number of para-hydroxylation sites is 1. The number of carbonyl (C=O) groups excluding carboxylic acids is 1. The van der Waals surface area contributed by atoms with Gasteiger partial charge in [-0.05, 0) is 31.9 Å². The average molecular weight is 304 g/mol. The van der Waals surface area contributed by atoms with E-state index in [0.29, 0.717) is 16.4 Å². The monoisotopic (exact) mass is 303 g/mol. The van der Waals surface area contributed by atoms with Crippen molar-refractivity contribution in [2.75, 3.05) is 0 Å². The summed E-state index contributed by atoms with van der Waals surface area (Å²) in [5, 5.41) is 7.47. The molecule has 6 heteroatoms. The zero-order valence-electron chi connectivity index (χ0n) is 11.5. The molecule has 2 aromatic rings. The maximum Gasteiger partial charge on any atom is 0.276 e. The Kier molecular flexibility index (Phi) is 3.51. The number of carbonyl (C=O) groups is 1. The molecule has 0 unspecified atom stereocenters. The molecule has 21 heavy (non-hydrogen) atoms. The second-order valence-corrected chi connectivity index (χ2v) is 5.52. The largest absolute Gasteiger partial charge is 0.348 e. The molecule has 1 aromatic carbocycles. The lowest BCUT2D eigenvalue weighted by Gasteiger charge is -2.12. The van der Waals surface area contributed by atoms with Crippen molar-refractivity contribution in [3.8, 4) is 5.69 Å². The first kappa shape index (κ1) is 13.8. The highest BCUT2D eigenvalue weighted by Crippen LogP contribution is 2.20. The van der Waals surface area contributed by atoms with Crippen LogP contribution in [0, 0.1) is 6.92 Å². The molecule has 0 spiro atoms. The normalized spacial score (nSPS) is 14.0. The zero-order chi connectivity index (χ0) is 15.0. The van der Waals surface area contributed by atoms with E-state index in [1.807, 2.05) is 12.1 Å². The number of benzene rings is 1. The molecule has 0 radical (unpaired) electrons. The molecule has 0 aliphatic heterocycles. The van der Waals surface area contributed by atoms with E-state index < -0.39 is 5.91 Å². The predicted octanol–water partition coefficient (Wildman–Crippen LogP) is 2.09. The third-order valence-electron chi connectivity index (χ3n) is 3.32. The summed E-state index contributed by atoms with van der Waals surface area (Å²) in [4.78, 5) is 24.1. The number of rotatable bonds is 3. The van der Waals surface area contributed by atoms with Crippen molar-refractivity contribution < 1.29 is 4.79 Å². The lowest BCUT2D eigenvalue weighted by Crippen LogP contribution is -2.33. The molecule has 1 heterocycles. The van der Waals surface area contributed by atoms with Gasteiger partial charge in [0, 0.05) is 17.8 Å². The quantitative estimate of drug-likeness (QED) is 0.944. The first-order valence-corrected chi connectivity index (χ1v) is 7.11. The van der Waals surface area contributed by atoms with Crippen molar-refractivity contribution in [2.24, 2.45) is 0 Å². The molecule has 1 saturated carbocycles. The summed E-state index contributed by atoms with van der Waals surface area (Å²) in [6, 6.07) is 8.73. The highest BCUT2D eigenvalue weighted by molar-refractivity contribution is 6.32. The zero-order valence-corrected chi connectivity index (χ0v) is 12.2. The van der Waals surface area contributed by atoms with Crippen LogP contribution in [-0.2, 0) is 0 Å². The Labute approximate surface area is 126 Å². The van der Waals surface area contributed by atoms with Crippen molar-refractivity contribution in [3.05, 3.63) is 57.0 Å². The molecule has 1 aliphatic rings. The molecule has 1 amide bonds. The summed E-state index contributed by atoms with van der Waals surface area (Å²) in [7, 11) is 0. The molecule has 0 saturated heterocycles. The maximum absolute atomic E-state index is 12.1. The van der Waals surface area contributed by atoms with Gasteiger partial charge in [-0.15, -0.1) is 0 Å². The SMILES string of the molecule is Cc1cc(=O)c(C(=O)NC2CC2)nn1-c1ccccc1Cl. The van der Waals surface area contributed by atoms with Crippen molar-refractivity contribution in [3.63, 3.8) is 0 Å². The molecular formula is C15H14ClN3O2. The first-order chi connectivity index (χ1) is 10.1. The highest BCUT2D eigenvalue weighted by atomic mass is 35.5. The Hall–Kier alpha value is -2.14. The Morgan fingerprint density at radius 1 is 1.38 bits per heavy atom. The fourth-order valence-corrected chi connectivity index (χ4v) is 2.27. The fourth-order valence-electron chi connectivity index (χ4n) is 2.05. The molecule has 0 bridgehead atoms. The first-order valence-electron chi connectivity index (χ1n) is 6.73. The molecule has 3 rings (SSSR count). The van der Waals surface area contributed by atoms with Crippen LogP contribution in [0.3, 0.4) is 0 Å². The van der Waals surface area contributed by atoms with Gasteiger partial charge in [-0.1, -0.05) is 23.7 Å². The molecule has 1 aromatic heterocycles. The number of aromatic nitrogens is 2. The van der Waals surface area contributed by atoms with E-state index in [9.17, 15) is 9.59 Å². The van der Waals surface area contributed by atoms with E-state index in [1.54, 1.807) is 19.1 Å². The van der Waals surface area contributed by atoms with Gasteiger partial charge in [0.1, 0.15) is 0 Å². The standard InChI is InChI=1S/C15H14ClN3O2/c1-9-8-13(20)14(15(21)17-10-6-7-10)18-19(9)12-5-3-2-4-11(12)16/h2-5,8,10H,6-7H2,1H3,(H,17,21). The van der Waals surface area contributed by atoms with Gasteiger partial charge in [-0.2, -0.15) is 5.10 Å². The Balaban J connectivity index is 2.07. The summed E-state index contributed by atoms with van der Waals surface area (Å²) in [5.41, 5.74) is 0.773. The van der Waals surface area contributed by atoms with Crippen LogP contribution in [0.2, 0.25) is 5.02 Å². The third-order valence-corrected chi connectivity index (χ3v) is 3.64. The molecular weight excluding hydrogens is 290 g/mol. The van der Waals surface area contributed by atoms with E-state index in [-0.39, 0.29) is 17.2 Å². The van der Waals surface area contributed by atoms with Crippen LogP contribution < -0.4 is 10.7 Å². The van der Waals surface area contributed by atoms with Gasteiger partial charge in [-0.25, -0.2) is 4.68 Å². The van der Waals surface area contributed by atoms with Crippen molar-refractivity contribution in [1.82, 2.24) is 15.1 Å². The number of hydrogen-bond acceptors (Lipinski definition) is 3. The van der Waals surface area contributed by atoms with Gasteiger partial charge in [-0.3, -0.25) is 9.59 Å². The molecule has 1 fully saturated rings. The number of nitrogens with zero attached hydrogens (tertiary/aromatic N) is 2. The number of nitrogens with one attached hydrogen (secondary N) is 1. The van der Waals surface area contributed by atoms with Crippen molar-refractivity contribution >= 4 is 17.5 Å². The fraction of sp³-hybridized carbons (Fsp3) is 0.267. The minimum absolute atomic E-state index is 0.104. The van der Waals surface area contributed by atoms with E-state index >= 15 is 0 Å². The van der Waals surface area contributed by atoms with Gasteiger partial charge >= 0.3 is 0 Å². The van der Waals surface area contributed by atoms with E-state index in [0.717, 1.165) is 12.8 Å². The van der Waals surface area contributed by atoms with Gasteiger partial charge in [0.05, 0.1) is 10.7 Å². The number of aryl methyl sites for hydroxylation is 1. The molecule has 5 nitrogen and oxygen atoms in total. The molecule has 0 atom stereocenters. The molecule has 108 valence electrons. The third kappa shape index (κ3) is 2.83. The topological polar surface area (TPSA) is 64.0 Å². The summed E-state index contributed by atoms with van der Waals surface area (Å²) < 4.78 is 1.52. The Morgan fingerprint density at radius 2 is 2.10 bits per heavy atom. The number of halogens is 1. The second-order valence-electron chi connectivity index (χ2n) is 5.11. The van der Waals surface area contributed by atoms with E-state index in [2.05, 4.69) is 10.4 Å². The van der Waals surface area contributed by atoms with E-state index in [1.165, 1.54) is 10.7 Å². The van der Waals surface area contributed by atoms with Crippen LogP contribution in [0.4, 0.5) is 0 Å². The molecule has 1 aliphatic carbocycles. The van der Waals surface area contributed by atoms with Crippen LogP contribution in [0.25, 0.3) is 5.69 Å². The van der Waals surface area contributed by atoms with Crippen molar-refractivity contribution in [2.45, 2.75) is 25.8 Å². The summed E-state index contributed by atoms with van der Waals surface area (Å²) in [6.45, 7) is 1.75. The summed E-state index contributed by atoms with van der Waals surface area (Å²) >= 11 is 6.16. The summed E-state index contributed by atoms with van der Waals surface area (Å²) in [5.74, 6) is -0.427. The Bertz CT molecular complexity index is 766. The van der Waals surface area contributed by atoms with Gasteiger partial charge in [0.25, 0.3) is 5.91 Å². The van der Waals surface area contributed by atoms with E-state index in [4.69, 9.17) is 11.6 Å². The van der Waals surface area contributed by atoms with Crippen molar-refractivity contribution in [1.29, 1.82) is 0 Å². The maximum atomic E-state index is 12.1. The minimum atomic E-state index is -0.427. The van der Waals surface area contributed by atoms with Gasteiger partial charge in [0.15, 0.2) is 5.69 Å². The molecule has 1 N–H and O–H groups in total. The Morgan fingerprint density at radius 3 is 2.76 bits per heavy atom. The van der Waals surface area contributed by atoms with Crippen LogP contribution in [0.1, 0.15) is 29.0 Å². The van der Waals surface area contributed by atoms with Gasteiger partial charge in [0.2, 0.25) is 5.43 Å².